The number of benzene rings is 1. The molecular formula is C16H23ClFN. The molecule has 106 valence electrons. The molecule has 1 aromatic rings. The zero-order valence-electron chi connectivity index (χ0n) is 11.6. The second-order valence-corrected chi connectivity index (χ2v) is 5.99. The van der Waals surface area contributed by atoms with E-state index in [0.717, 1.165) is 31.0 Å². The van der Waals surface area contributed by atoms with Crippen LogP contribution in [-0.2, 0) is 6.42 Å². The molecule has 1 atom stereocenters. The first-order valence-electron chi connectivity index (χ1n) is 7.35. The van der Waals surface area contributed by atoms with E-state index < -0.39 is 0 Å². The zero-order valence-corrected chi connectivity index (χ0v) is 12.3. The van der Waals surface area contributed by atoms with Crippen LogP contribution in [0.15, 0.2) is 18.2 Å². The fourth-order valence-corrected chi connectivity index (χ4v) is 3.29. The number of hydrogen-bond acceptors (Lipinski definition) is 1. The third-order valence-corrected chi connectivity index (χ3v) is 4.46. The lowest BCUT2D eigenvalue weighted by molar-refractivity contribution is 0.320. The van der Waals surface area contributed by atoms with Crippen molar-refractivity contribution in [2.45, 2.75) is 39.0 Å². The first kappa shape index (κ1) is 14.8. The Morgan fingerprint density at radius 2 is 2.11 bits per heavy atom. The van der Waals surface area contributed by atoms with Crippen molar-refractivity contribution in [3.05, 3.63) is 34.6 Å². The molecule has 0 radical (unpaired) electrons. The Bertz CT molecular complexity index is 402. The van der Waals surface area contributed by atoms with Crippen LogP contribution in [0.4, 0.5) is 4.39 Å². The van der Waals surface area contributed by atoms with Gasteiger partial charge in [0.15, 0.2) is 0 Å². The zero-order chi connectivity index (χ0) is 13.7. The second kappa shape index (κ2) is 7.25. The maximum Gasteiger partial charge on any atom is 0.127 e. The van der Waals surface area contributed by atoms with Gasteiger partial charge in [0.25, 0.3) is 0 Å². The topological polar surface area (TPSA) is 12.0 Å². The van der Waals surface area contributed by atoms with Gasteiger partial charge in [-0.05, 0) is 49.0 Å². The van der Waals surface area contributed by atoms with E-state index in [2.05, 4.69) is 12.2 Å². The molecule has 1 nitrogen and oxygen atoms in total. The average Bonchev–Trinajstić information content (AvgIpc) is 2.90. The molecule has 2 rings (SSSR count). The lowest BCUT2D eigenvalue weighted by Gasteiger charge is -2.24. The van der Waals surface area contributed by atoms with Crippen LogP contribution in [0.1, 0.15) is 38.2 Å². The molecular weight excluding hydrogens is 261 g/mol. The third kappa shape index (κ3) is 4.19. The minimum absolute atomic E-state index is 0.160. The Balaban J connectivity index is 2.05. The normalized spacial score (nSPS) is 17.8. The van der Waals surface area contributed by atoms with Gasteiger partial charge in [-0.3, -0.25) is 0 Å². The van der Waals surface area contributed by atoms with E-state index in [4.69, 9.17) is 11.6 Å². The van der Waals surface area contributed by atoms with Crippen LogP contribution in [0.2, 0.25) is 5.02 Å². The summed E-state index contributed by atoms with van der Waals surface area (Å²) in [6, 6.07) is 5.06. The highest BCUT2D eigenvalue weighted by atomic mass is 35.5. The van der Waals surface area contributed by atoms with Crippen LogP contribution >= 0.6 is 11.6 Å². The van der Waals surface area contributed by atoms with Crippen molar-refractivity contribution < 1.29 is 4.39 Å². The monoisotopic (exact) mass is 283 g/mol. The van der Waals surface area contributed by atoms with Gasteiger partial charge in [-0.25, -0.2) is 4.39 Å². The molecule has 1 saturated carbocycles. The highest BCUT2D eigenvalue weighted by molar-refractivity contribution is 6.30. The van der Waals surface area contributed by atoms with Crippen molar-refractivity contribution in [3.8, 4) is 0 Å². The molecule has 0 spiro atoms. The lowest BCUT2D eigenvalue weighted by Crippen LogP contribution is -2.29. The van der Waals surface area contributed by atoms with Gasteiger partial charge in [0.05, 0.1) is 0 Å². The highest BCUT2D eigenvalue weighted by Crippen LogP contribution is 2.33. The molecule has 1 unspecified atom stereocenters. The average molecular weight is 284 g/mol. The quantitative estimate of drug-likeness (QED) is 0.814. The van der Waals surface area contributed by atoms with Crippen LogP contribution in [-0.4, -0.2) is 13.1 Å². The van der Waals surface area contributed by atoms with E-state index in [0.29, 0.717) is 10.9 Å². The molecule has 0 bridgehead atoms. The SMILES string of the molecule is CCNCC(Cc1ccc(Cl)cc1F)C1CCCC1. The van der Waals surface area contributed by atoms with Crippen LogP contribution < -0.4 is 5.32 Å². The number of nitrogens with one attached hydrogen (secondary N) is 1. The van der Waals surface area contributed by atoms with E-state index in [9.17, 15) is 4.39 Å². The second-order valence-electron chi connectivity index (χ2n) is 5.55. The van der Waals surface area contributed by atoms with Crippen molar-refractivity contribution >= 4 is 11.6 Å². The Labute approximate surface area is 120 Å². The molecule has 19 heavy (non-hydrogen) atoms. The summed E-state index contributed by atoms with van der Waals surface area (Å²) in [5, 5.41) is 3.90. The summed E-state index contributed by atoms with van der Waals surface area (Å²) in [5.74, 6) is 1.12. The van der Waals surface area contributed by atoms with E-state index in [1.807, 2.05) is 6.07 Å². The van der Waals surface area contributed by atoms with Crippen molar-refractivity contribution in [1.29, 1.82) is 0 Å². The molecule has 1 fully saturated rings. The number of rotatable bonds is 6. The van der Waals surface area contributed by atoms with Crippen molar-refractivity contribution in [1.82, 2.24) is 5.32 Å². The summed E-state index contributed by atoms with van der Waals surface area (Å²) in [5.41, 5.74) is 0.805. The Morgan fingerprint density at radius 1 is 1.37 bits per heavy atom. The third-order valence-electron chi connectivity index (χ3n) is 4.22. The first-order valence-corrected chi connectivity index (χ1v) is 7.73. The highest BCUT2D eigenvalue weighted by Gasteiger charge is 2.25. The summed E-state index contributed by atoms with van der Waals surface area (Å²) in [7, 11) is 0. The lowest BCUT2D eigenvalue weighted by atomic mass is 9.85. The number of halogens is 2. The predicted octanol–water partition coefficient (Wildman–Crippen LogP) is 4.44. The van der Waals surface area contributed by atoms with Gasteiger partial charge in [0.2, 0.25) is 0 Å². The maximum absolute atomic E-state index is 13.9. The fourth-order valence-electron chi connectivity index (χ4n) is 3.13. The Kier molecular flexibility index (Phi) is 5.65. The molecule has 1 aromatic carbocycles. The van der Waals surface area contributed by atoms with Crippen LogP contribution in [0.5, 0.6) is 0 Å². The van der Waals surface area contributed by atoms with E-state index in [1.165, 1.54) is 31.7 Å². The van der Waals surface area contributed by atoms with E-state index in [1.54, 1.807) is 6.07 Å². The minimum Gasteiger partial charge on any atom is -0.317 e. The van der Waals surface area contributed by atoms with E-state index in [-0.39, 0.29) is 5.82 Å². The van der Waals surface area contributed by atoms with Gasteiger partial charge in [0, 0.05) is 5.02 Å². The maximum atomic E-state index is 13.9. The molecule has 0 saturated heterocycles. The van der Waals surface area contributed by atoms with Gasteiger partial charge in [0.1, 0.15) is 5.82 Å². The van der Waals surface area contributed by atoms with E-state index >= 15 is 0 Å². The Morgan fingerprint density at radius 3 is 2.74 bits per heavy atom. The van der Waals surface area contributed by atoms with Gasteiger partial charge >= 0.3 is 0 Å². The van der Waals surface area contributed by atoms with Gasteiger partial charge in [-0.1, -0.05) is 50.3 Å². The summed E-state index contributed by atoms with van der Waals surface area (Å²) in [6.45, 7) is 4.09. The van der Waals surface area contributed by atoms with Crippen molar-refractivity contribution in [2.75, 3.05) is 13.1 Å². The van der Waals surface area contributed by atoms with Crippen LogP contribution in [0.25, 0.3) is 0 Å². The standard InChI is InChI=1S/C16H23ClFN/c1-2-19-11-14(12-5-3-4-6-12)9-13-7-8-15(17)10-16(13)18/h7-8,10,12,14,19H,2-6,9,11H2,1H3. The summed E-state index contributed by atoms with van der Waals surface area (Å²) in [4.78, 5) is 0. The minimum atomic E-state index is -0.160. The van der Waals surface area contributed by atoms with Gasteiger partial charge in [-0.2, -0.15) is 0 Å². The van der Waals surface area contributed by atoms with Crippen molar-refractivity contribution in [2.24, 2.45) is 11.8 Å². The molecule has 0 aromatic heterocycles. The molecule has 3 heteroatoms. The number of hydrogen-bond donors (Lipinski definition) is 1. The molecule has 0 aliphatic heterocycles. The van der Waals surface area contributed by atoms with Gasteiger partial charge < -0.3 is 5.32 Å². The molecule has 1 aliphatic rings. The molecule has 0 heterocycles. The smallest absolute Gasteiger partial charge is 0.127 e. The summed E-state index contributed by atoms with van der Waals surface area (Å²) < 4.78 is 13.9. The van der Waals surface area contributed by atoms with Crippen LogP contribution in [0, 0.1) is 17.7 Å². The van der Waals surface area contributed by atoms with Gasteiger partial charge in [-0.15, -0.1) is 0 Å². The molecule has 1 N–H and O–H groups in total. The fraction of sp³-hybridized carbons (Fsp3) is 0.625. The van der Waals surface area contributed by atoms with Crippen molar-refractivity contribution in [3.63, 3.8) is 0 Å². The Hall–Kier alpha value is -0.600. The molecule has 1 aliphatic carbocycles. The molecule has 0 amide bonds. The summed E-state index contributed by atoms with van der Waals surface area (Å²) in [6.07, 6.45) is 6.07. The van der Waals surface area contributed by atoms with Crippen LogP contribution in [0.3, 0.4) is 0 Å². The predicted molar refractivity (Wildman–Crippen MR) is 79.1 cm³/mol. The first-order chi connectivity index (χ1) is 9.20. The summed E-state index contributed by atoms with van der Waals surface area (Å²) >= 11 is 5.81. The largest absolute Gasteiger partial charge is 0.317 e.